The predicted octanol–water partition coefficient (Wildman–Crippen LogP) is 3.63. The van der Waals surface area contributed by atoms with Crippen LogP contribution in [0.4, 0.5) is 11.4 Å². The fourth-order valence-corrected chi connectivity index (χ4v) is 2.80. The van der Waals surface area contributed by atoms with Gasteiger partial charge in [0, 0.05) is 35.8 Å². The third kappa shape index (κ3) is 3.72. The fourth-order valence-electron chi connectivity index (χ4n) is 2.35. The molecule has 1 saturated heterocycles. The third-order valence-electron chi connectivity index (χ3n) is 3.58. The molecule has 1 N–H and O–H groups in total. The van der Waals surface area contributed by atoms with Crippen molar-refractivity contribution < 1.29 is 9.72 Å². The Labute approximate surface area is 153 Å². The van der Waals surface area contributed by atoms with Crippen molar-refractivity contribution in [1.82, 2.24) is 10.2 Å². The molecule has 1 amide bonds. The van der Waals surface area contributed by atoms with Crippen molar-refractivity contribution in [2.45, 2.75) is 0 Å². The van der Waals surface area contributed by atoms with Gasteiger partial charge in [0.05, 0.1) is 15.6 Å². The third-order valence-corrected chi connectivity index (χ3v) is 4.12. The number of nitro groups is 1. The van der Waals surface area contributed by atoms with Crippen LogP contribution in [0.25, 0.3) is 0 Å². The van der Waals surface area contributed by atoms with Crippen molar-refractivity contribution in [3.05, 3.63) is 68.2 Å². The van der Waals surface area contributed by atoms with Gasteiger partial charge in [-0.1, -0.05) is 23.2 Å². The van der Waals surface area contributed by atoms with Crippen LogP contribution in [0.15, 0.2) is 47.5 Å². The first-order valence-electron chi connectivity index (χ1n) is 7.29. The Hall–Kier alpha value is -2.64. The molecule has 128 valence electrons. The van der Waals surface area contributed by atoms with Gasteiger partial charge in [0.25, 0.3) is 11.6 Å². The van der Waals surface area contributed by atoms with Crippen molar-refractivity contribution in [3.8, 4) is 0 Å². The average Bonchev–Trinajstić information content (AvgIpc) is 3.05. The lowest BCUT2D eigenvalue weighted by atomic mass is 10.2. The zero-order valence-corrected chi connectivity index (χ0v) is 14.3. The van der Waals surface area contributed by atoms with Crippen LogP contribution in [0, 0.1) is 10.1 Å². The van der Waals surface area contributed by atoms with E-state index in [1.54, 1.807) is 18.2 Å². The molecular formula is C16H12Cl2N4O3. The molecule has 9 heteroatoms. The van der Waals surface area contributed by atoms with E-state index in [0.29, 0.717) is 40.3 Å². The number of hydrogen-bond donors (Lipinski definition) is 1. The highest BCUT2D eigenvalue weighted by Crippen LogP contribution is 2.28. The first kappa shape index (κ1) is 17.2. The second-order valence-corrected chi connectivity index (χ2v) is 6.06. The Bertz CT molecular complexity index is 868. The molecule has 0 bridgehead atoms. The van der Waals surface area contributed by atoms with E-state index in [4.69, 9.17) is 23.2 Å². The molecule has 2 aromatic carbocycles. The van der Waals surface area contributed by atoms with E-state index in [1.807, 2.05) is 0 Å². The number of benzene rings is 2. The van der Waals surface area contributed by atoms with Gasteiger partial charge < -0.3 is 5.32 Å². The Morgan fingerprint density at radius 1 is 1.20 bits per heavy atom. The number of non-ortho nitro benzene ring substituents is 1. The fraction of sp³-hybridized carbons (Fsp3) is 0.125. The van der Waals surface area contributed by atoms with Crippen LogP contribution in [0.2, 0.25) is 10.0 Å². The van der Waals surface area contributed by atoms with E-state index in [0.717, 1.165) is 0 Å². The van der Waals surface area contributed by atoms with Gasteiger partial charge in [0.1, 0.15) is 0 Å². The second kappa shape index (κ2) is 7.08. The molecule has 1 heterocycles. The molecule has 0 aromatic heterocycles. The minimum Gasteiger partial charge on any atom is -0.354 e. The van der Waals surface area contributed by atoms with Crippen molar-refractivity contribution >= 4 is 46.4 Å². The molecule has 25 heavy (non-hydrogen) atoms. The molecule has 0 atom stereocenters. The molecule has 1 aliphatic heterocycles. The number of hydrogen-bond acceptors (Lipinski definition) is 4. The highest BCUT2D eigenvalue weighted by molar-refractivity contribution is 6.36. The molecular weight excluding hydrogens is 367 g/mol. The van der Waals surface area contributed by atoms with Crippen LogP contribution in [-0.2, 0) is 0 Å². The SMILES string of the molecule is O=C(c1ccc([N+](=O)[O-])cc1)N1CCNC1=Nc1ccc(Cl)cc1Cl. The van der Waals surface area contributed by atoms with Crippen LogP contribution < -0.4 is 5.32 Å². The summed E-state index contributed by atoms with van der Waals surface area (Å²) in [6.45, 7) is 0.975. The molecule has 3 rings (SSSR count). The lowest BCUT2D eigenvalue weighted by Crippen LogP contribution is -2.35. The average molecular weight is 379 g/mol. The predicted molar refractivity (Wildman–Crippen MR) is 95.7 cm³/mol. The number of rotatable bonds is 3. The summed E-state index contributed by atoms with van der Waals surface area (Å²) in [5.74, 6) is 0.0660. The van der Waals surface area contributed by atoms with Crippen molar-refractivity contribution in [2.24, 2.45) is 4.99 Å². The van der Waals surface area contributed by atoms with Crippen molar-refractivity contribution in [3.63, 3.8) is 0 Å². The number of halogens is 2. The maximum absolute atomic E-state index is 12.6. The van der Waals surface area contributed by atoms with Gasteiger partial charge >= 0.3 is 0 Å². The molecule has 0 unspecified atom stereocenters. The Balaban J connectivity index is 1.86. The van der Waals surface area contributed by atoms with Crippen LogP contribution in [0.3, 0.4) is 0 Å². The zero-order chi connectivity index (χ0) is 18.0. The van der Waals surface area contributed by atoms with Crippen LogP contribution in [0.1, 0.15) is 10.4 Å². The van der Waals surface area contributed by atoms with E-state index in [1.165, 1.54) is 29.2 Å². The molecule has 2 aromatic rings. The minimum absolute atomic E-state index is 0.0714. The van der Waals surface area contributed by atoms with Gasteiger partial charge in [-0.05, 0) is 30.3 Å². The minimum atomic E-state index is -0.513. The van der Waals surface area contributed by atoms with Crippen molar-refractivity contribution in [1.29, 1.82) is 0 Å². The Morgan fingerprint density at radius 2 is 1.92 bits per heavy atom. The molecule has 0 radical (unpaired) electrons. The summed E-state index contributed by atoms with van der Waals surface area (Å²) in [7, 11) is 0. The van der Waals surface area contributed by atoms with E-state index in [9.17, 15) is 14.9 Å². The quantitative estimate of drug-likeness (QED) is 0.652. The Kier molecular flexibility index (Phi) is 4.87. The molecule has 0 spiro atoms. The smallest absolute Gasteiger partial charge is 0.269 e. The number of nitro benzene ring substituents is 1. The summed E-state index contributed by atoms with van der Waals surface area (Å²) in [6.07, 6.45) is 0. The zero-order valence-electron chi connectivity index (χ0n) is 12.8. The summed E-state index contributed by atoms with van der Waals surface area (Å²) in [6, 6.07) is 10.3. The monoisotopic (exact) mass is 378 g/mol. The number of nitrogens with zero attached hydrogens (tertiary/aromatic N) is 3. The van der Waals surface area contributed by atoms with Gasteiger partial charge in [-0.15, -0.1) is 0 Å². The second-order valence-electron chi connectivity index (χ2n) is 5.22. The molecule has 0 aliphatic carbocycles. The first-order chi connectivity index (χ1) is 12.0. The summed E-state index contributed by atoms with van der Waals surface area (Å²) >= 11 is 12.0. The maximum Gasteiger partial charge on any atom is 0.269 e. The Morgan fingerprint density at radius 3 is 2.56 bits per heavy atom. The summed E-state index contributed by atoms with van der Waals surface area (Å²) in [5.41, 5.74) is 0.749. The van der Waals surface area contributed by atoms with Gasteiger partial charge in [-0.2, -0.15) is 0 Å². The first-order valence-corrected chi connectivity index (χ1v) is 8.05. The van der Waals surface area contributed by atoms with Gasteiger partial charge in [-0.25, -0.2) is 4.99 Å². The maximum atomic E-state index is 12.6. The summed E-state index contributed by atoms with van der Waals surface area (Å²) in [4.78, 5) is 28.7. The number of nitrogens with one attached hydrogen (secondary N) is 1. The largest absolute Gasteiger partial charge is 0.354 e. The van der Waals surface area contributed by atoms with Crippen LogP contribution in [0.5, 0.6) is 0 Å². The number of guanidine groups is 1. The van der Waals surface area contributed by atoms with E-state index in [2.05, 4.69) is 10.3 Å². The standard InChI is InChI=1S/C16H12Cl2N4O3/c17-11-3-6-14(13(18)9-11)20-16-19-7-8-21(16)15(23)10-1-4-12(5-2-10)22(24)25/h1-6,9H,7-8H2,(H,19,20). The molecule has 1 aliphatic rings. The van der Waals surface area contributed by atoms with Crippen molar-refractivity contribution in [2.75, 3.05) is 13.1 Å². The highest BCUT2D eigenvalue weighted by Gasteiger charge is 2.26. The van der Waals surface area contributed by atoms with Gasteiger partial charge in [0.15, 0.2) is 0 Å². The number of carbonyl (C=O) groups excluding carboxylic acids is 1. The normalized spacial score (nSPS) is 15.3. The lowest BCUT2D eigenvalue weighted by molar-refractivity contribution is -0.384. The number of aliphatic imine (C=N–C) groups is 1. The van der Waals surface area contributed by atoms with Gasteiger partial charge in [-0.3, -0.25) is 19.8 Å². The molecule has 7 nitrogen and oxygen atoms in total. The molecule has 1 fully saturated rings. The van der Waals surface area contributed by atoms with Gasteiger partial charge in [0.2, 0.25) is 5.96 Å². The molecule has 0 saturated carbocycles. The lowest BCUT2D eigenvalue weighted by Gasteiger charge is -2.16. The summed E-state index contributed by atoms with van der Waals surface area (Å²) in [5, 5.41) is 14.6. The van der Waals surface area contributed by atoms with E-state index in [-0.39, 0.29) is 11.6 Å². The van der Waals surface area contributed by atoms with Crippen LogP contribution >= 0.6 is 23.2 Å². The number of amides is 1. The van der Waals surface area contributed by atoms with E-state index < -0.39 is 4.92 Å². The van der Waals surface area contributed by atoms with E-state index >= 15 is 0 Å². The summed E-state index contributed by atoms with van der Waals surface area (Å²) < 4.78 is 0. The highest BCUT2D eigenvalue weighted by atomic mass is 35.5. The van der Waals surface area contributed by atoms with Crippen LogP contribution in [-0.4, -0.2) is 34.8 Å². The number of carbonyl (C=O) groups is 1. The topological polar surface area (TPSA) is 87.8 Å².